The Bertz CT molecular complexity index is 269. The van der Waals surface area contributed by atoms with Crippen molar-refractivity contribution < 1.29 is 0 Å². The first-order valence-electron chi connectivity index (χ1n) is 3.61. The van der Waals surface area contributed by atoms with E-state index in [1.807, 2.05) is 38.4 Å². The number of rotatable bonds is 1. The van der Waals surface area contributed by atoms with Gasteiger partial charge < -0.3 is 10.7 Å². The summed E-state index contributed by atoms with van der Waals surface area (Å²) in [6, 6.07) is 3.76. The van der Waals surface area contributed by atoms with Gasteiger partial charge in [-0.25, -0.2) is 0 Å². The SMILES string of the molecule is Cc1ccc(N[O-])c(C)c1C. The van der Waals surface area contributed by atoms with Crippen molar-refractivity contribution in [3.63, 3.8) is 0 Å². The lowest BCUT2D eigenvalue weighted by atomic mass is 10.0. The van der Waals surface area contributed by atoms with Gasteiger partial charge in [0.05, 0.1) is 0 Å². The molecule has 0 saturated carbocycles. The number of aryl methyl sites for hydroxylation is 1. The monoisotopic (exact) mass is 150 g/mol. The normalized spacial score (nSPS) is 9.82. The second-order valence-electron chi connectivity index (χ2n) is 2.78. The molecule has 2 nitrogen and oxygen atoms in total. The van der Waals surface area contributed by atoms with Crippen molar-refractivity contribution in [1.82, 2.24) is 0 Å². The number of hydrogen-bond donors (Lipinski definition) is 1. The van der Waals surface area contributed by atoms with E-state index in [0.29, 0.717) is 5.69 Å². The van der Waals surface area contributed by atoms with Gasteiger partial charge in [-0.1, -0.05) is 6.07 Å². The topological polar surface area (TPSA) is 35.1 Å². The molecular formula is C9H12NO-. The molecule has 0 amide bonds. The van der Waals surface area contributed by atoms with Crippen molar-refractivity contribution in [2.24, 2.45) is 0 Å². The first-order chi connectivity index (χ1) is 5.16. The van der Waals surface area contributed by atoms with Crippen LogP contribution in [0.2, 0.25) is 0 Å². The van der Waals surface area contributed by atoms with Crippen molar-refractivity contribution in [2.45, 2.75) is 20.8 Å². The third-order valence-electron chi connectivity index (χ3n) is 2.17. The molecule has 1 aromatic carbocycles. The first kappa shape index (κ1) is 8.08. The van der Waals surface area contributed by atoms with Gasteiger partial charge in [0.25, 0.3) is 0 Å². The van der Waals surface area contributed by atoms with Gasteiger partial charge in [-0.2, -0.15) is 0 Å². The second kappa shape index (κ2) is 2.93. The highest BCUT2D eigenvalue weighted by molar-refractivity contribution is 5.56. The standard InChI is InChI=1S/C9H12NO/c1-6-4-5-9(10-11)8(3)7(6)2/h4-5,10H,1-3H3/q-1. The van der Waals surface area contributed by atoms with Crippen LogP contribution in [0.25, 0.3) is 0 Å². The van der Waals surface area contributed by atoms with Crippen molar-refractivity contribution in [2.75, 3.05) is 5.48 Å². The molecule has 0 bridgehead atoms. The number of benzene rings is 1. The zero-order chi connectivity index (χ0) is 8.43. The van der Waals surface area contributed by atoms with Gasteiger partial charge in [0.2, 0.25) is 0 Å². The van der Waals surface area contributed by atoms with Crippen LogP contribution in [0.5, 0.6) is 0 Å². The van der Waals surface area contributed by atoms with Crippen molar-refractivity contribution in [3.05, 3.63) is 34.0 Å². The average molecular weight is 150 g/mol. The quantitative estimate of drug-likeness (QED) is 0.624. The van der Waals surface area contributed by atoms with Crippen LogP contribution in [0.3, 0.4) is 0 Å². The van der Waals surface area contributed by atoms with Gasteiger partial charge in [-0.3, -0.25) is 0 Å². The van der Waals surface area contributed by atoms with Crippen LogP contribution in [0.15, 0.2) is 12.1 Å². The highest BCUT2D eigenvalue weighted by atomic mass is 16.5. The van der Waals surface area contributed by atoms with Crippen LogP contribution in [0, 0.1) is 26.0 Å². The summed E-state index contributed by atoms with van der Waals surface area (Å²) in [4.78, 5) is 0. The minimum absolute atomic E-state index is 0.674. The average Bonchev–Trinajstić information content (AvgIpc) is 2.01. The fourth-order valence-corrected chi connectivity index (χ4v) is 1.07. The molecule has 0 radical (unpaired) electrons. The van der Waals surface area contributed by atoms with Gasteiger partial charge in [-0.05, 0) is 43.5 Å². The maximum absolute atomic E-state index is 10.4. The number of anilines is 1. The predicted molar refractivity (Wildman–Crippen MR) is 47.6 cm³/mol. The van der Waals surface area contributed by atoms with E-state index in [9.17, 15) is 5.21 Å². The van der Waals surface area contributed by atoms with Crippen LogP contribution in [-0.4, -0.2) is 0 Å². The highest BCUT2D eigenvalue weighted by Crippen LogP contribution is 2.20. The number of nitrogens with one attached hydrogen (secondary N) is 1. The molecule has 0 aliphatic heterocycles. The van der Waals surface area contributed by atoms with E-state index in [0.717, 1.165) is 5.56 Å². The lowest BCUT2D eigenvalue weighted by Gasteiger charge is -2.15. The van der Waals surface area contributed by atoms with E-state index in [1.165, 1.54) is 11.1 Å². The predicted octanol–water partition coefficient (Wildman–Crippen LogP) is 2.52. The molecule has 0 spiro atoms. The smallest absolute Gasteiger partial charge is 0.0265 e. The summed E-state index contributed by atoms with van der Waals surface area (Å²) in [5.41, 5.74) is 6.04. The zero-order valence-corrected chi connectivity index (χ0v) is 7.06. The first-order valence-corrected chi connectivity index (χ1v) is 3.61. The van der Waals surface area contributed by atoms with Gasteiger partial charge in [-0.15, -0.1) is 0 Å². The summed E-state index contributed by atoms with van der Waals surface area (Å²) in [5, 5.41) is 10.4. The number of hydrogen-bond acceptors (Lipinski definition) is 2. The molecule has 60 valence electrons. The molecule has 11 heavy (non-hydrogen) atoms. The third kappa shape index (κ3) is 1.35. The summed E-state index contributed by atoms with van der Waals surface area (Å²) in [6.45, 7) is 6.00. The molecule has 1 aromatic rings. The molecule has 0 aliphatic rings. The van der Waals surface area contributed by atoms with E-state index in [4.69, 9.17) is 0 Å². The van der Waals surface area contributed by atoms with Crippen molar-refractivity contribution in [3.8, 4) is 0 Å². The van der Waals surface area contributed by atoms with Crippen LogP contribution >= 0.6 is 0 Å². The summed E-state index contributed by atoms with van der Waals surface area (Å²) in [5.74, 6) is 0. The van der Waals surface area contributed by atoms with Crippen molar-refractivity contribution >= 4 is 5.69 Å². The zero-order valence-electron chi connectivity index (χ0n) is 7.06. The highest BCUT2D eigenvalue weighted by Gasteiger charge is 1.99. The van der Waals surface area contributed by atoms with E-state index < -0.39 is 0 Å². The molecule has 1 N–H and O–H groups in total. The fraction of sp³-hybridized carbons (Fsp3) is 0.333. The molecule has 0 saturated heterocycles. The lowest BCUT2D eigenvalue weighted by Crippen LogP contribution is -1.93. The summed E-state index contributed by atoms with van der Waals surface area (Å²) in [6.07, 6.45) is 0. The van der Waals surface area contributed by atoms with Gasteiger partial charge in [0.1, 0.15) is 0 Å². The molecule has 0 atom stereocenters. The summed E-state index contributed by atoms with van der Waals surface area (Å²) in [7, 11) is 0. The molecule has 0 fully saturated rings. The largest absolute Gasteiger partial charge is 0.761 e. The van der Waals surface area contributed by atoms with Gasteiger partial charge >= 0.3 is 0 Å². The summed E-state index contributed by atoms with van der Waals surface area (Å²) >= 11 is 0. The van der Waals surface area contributed by atoms with Crippen molar-refractivity contribution in [1.29, 1.82) is 0 Å². The van der Waals surface area contributed by atoms with E-state index in [1.54, 1.807) is 0 Å². The van der Waals surface area contributed by atoms with Crippen LogP contribution in [0.1, 0.15) is 16.7 Å². The summed E-state index contributed by atoms with van der Waals surface area (Å²) < 4.78 is 0. The molecule has 0 unspecified atom stereocenters. The molecule has 0 aromatic heterocycles. The molecular weight excluding hydrogens is 138 g/mol. The van der Waals surface area contributed by atoms with E-state index in [-0.39, 0.29) is 0 Å². The Balaban J connectivity index is 3.25. The maximum atomic E-state index is 10.4. The Hall–Kier alpha value is -1.02. The maximum Gasteiger partial charge on any atom is 0.0265 e. The van der Waals surface area contributed by atoms with Gasteiger partial charge in [0, 0.05) is 5.69 Å². The second-order valence-corrected chi connectivity index (χ2v) is 2.78. The van der Waals surface area contributed by atoms with E-state index in [2.05, 4.69) is 0 Å². The lowest BCUT2D eigenvalue weighted by molar-refractivity contribution is 1.26. The fourth-order valence-electron chi connectivity index (χ4n) is 1.07. The Kier molecular flexibility index (Phi) is 2.15. The Morgan fingerprint density at radius 1 is 1.09 bits per heavy atom. The Labute approximate surface area is 66.8 Å². The Morgan fingerprint density at radius 3 is 2.27 bits per heavy atom. The van der Waals surface area contributed by atoms with Gasteiger partial charge in [0.15, 0.2) is 0 Å². The molecule has 2 heteroatoms. The molecule has 0 aliphatic carbocycles. The Morgan fingerprint density at radius 2 is 1.73 bits per heavy atom. The van der Waals surface area contributed by atoms with Crippen LogP contribution in [-0.2, 0) is 0 Å². The minimum Gasteiger partial charge on any atom is -0.761 e. The molecule has 0 heterocycles. The third-order valence-corrected chi connectivity index (χ3v) is 2.17. The van der Waals surface area contributed by atoms with E-state index >= 15 is 0 Å². The van der Waals surface area contributed by atoms with Crippen LogP contribution < -0.4 is 5.48 Å². The van der Waals surface area contributed by atoms with Crippen LogP contribution in [0.4, 0.5) is 5.69 Å². The minimum atomic E-state index is 0.674. The molecule has 1 rings (SSSR count).